The molecule has 1 amide bonds. The normalized spacial score (nSPS) is 14.9. The fourth-order valence-electron chi connectivity index (χ4n) is 2.77. The van der Waals surface area contributed by atoms with Crippen molar-refractivity contribution in [1.82, 2.24) is 10.3 Å². The minimum absolute atomic E-state index is 0.124. The Hall–Kier alpha value is -1.80. The zero-order valence-electron chi connectivity index (χ0n) is 13.4. The number of pyridine rings is 1. The van der Waals surface area contributed by atoms with Crippen LogP contribution in [0.2, 0.25) is 5.02 Å². The first-order valence-corrected chi connectivity index (χ1v) is 8.93. The Morgan fingerprint density at radius 1 is 1.35 bits per heavy atom. The number of carbonyl (C=O) groups is 1. The van der Waals surface area contributed by atoms with E-state index in [2.05, 4.69) is 26.2 Å². The Morgan fingerprint density at radius 2 is 2.04 bits per heavy atom. The Balaban J connectivity index is 1.56. The Bertz CT molecular complexity index is 825. The molecule has 1 aromatic heterocycles. The van der Waals surface area contributed by atoms with E-state index in [1.807, 2.05) is 4.90 Å². The van der Waals surface area contributed by atoms with Gasteiger partial charge in [0.1, 0.15) is 5.82 Å². The predicted molar refractivity (Wildman–Crippen MR) is 96.4 cm³/mol. The van der Waals surface area contributed by atoms with Gasteiger partial charge in [0.25, 0.3) is 5.91 Å². The van der Waals surface area contributed by atoms with Gasteiger partial charge in [0.2, 0.25) is 0 Å². The van der Waals surface area contributed by atoms with Crippen molar-refractivity contribution < 1.29 is 18.0 Å². The van der Waals surface area contributed by atoms with Gasteiger partial charge in [-0.05, 0) is 34.1 Å². The molecule has 1 fully saturated rings. The summed E-state index contributed by atoms with van der Waals surface area (Å²) in [5.41, 5.74) is -1.30. The molecule has 0 bridgehead atoms. The molecule has 2 aromatic rings. The van der Waals surface area contributed by atoms with Gasteiger partial charge in [-0.2, -0.15) is 13.2 Å². The van der Waals surface area contributed by atoms with Crippen LogP contribution in [0.3, 0.4) is 0 Å². The van der Waals surface area contributed by atoms with Gasteiger partial charge < -0.3 is 10.2 Å². The molecule has 4 nitrogen and oxygen atoms in total. The molecule has 3 rings (SSSR count). The van der Waals surface area contributed by atoms with Gasteiger partial charge >= 0.3 is 6.18 Å². The molecule has 0 atom stereocenters. The summed E-state index contributed by atoms with van der Waals surface area (Å²) in [6.45, 7) is 1.53. The number of nitrogens with zero attached hydrogens (tertiary/aromatic N) is 2. The van der Waals surface area contributed by atoms with Crippen molar-refractivity contribution in [3.8, 4) is 0 Å². The second kappa shape index (κ2) is 7.44. The molecule has 0 saturated carbocycles. The molecule has 0 unspecified atom stereocenters. The zero-order valence-corrected chi connectivity index (χ0v) is 15.7. The maximum absolute atomic E-state index is 13.0. The Morgan fingerprint density at radius 3 is 2.69 bits per heavy atom. The number of hydrogen-bond acceptors (Lipinski definition) is 3. The molecule has 26 heavy (non-hydrogen) atoms. The standard InChI is InChI=1S/C17H14BrClF3N3O/c18-11-5-14(19)15(23-7-11)25-8-10(9-25)6-24-16(26)12-3-1-2-4-13(12)17(20,21)22/h1-5,7,10H,6,8-9H2,(H,24,26). The molecule has 1 aliphatic rings. The van der Waals surface area contributed by atoms with E-state index in [-0.39, 0.29) is 18.0 Å². The van der Waals surface area contributed by atoms with Gasteiger partial charge in [0.15, 0.2) is 0 Å². The van der Waals surface area contributed by atoms with Crippen LogP contribution >= 0.6 is 27.5 Å². The van der Waals surface area contributed by atoms with Crippen molar-refractivity contribution in [2.24, 2.45) is 5.92 Å². The average molecular weight is 449 g/mol. The lowest BCUT2D eigenvalue weighted by molar-refractivity contribution is -0.137. The number of benzene rings is 1. The second-order valence-corrected chi connectivity index (χ2v) is 7.31. The highest BCUT2D eigenvalue weighted by Crippen LogP contribution is 2.32. The minimum Gasteiger partial charge on any atom is -0.355 e. The van der Waals surface area contributed by atoms with Crippen LogP contribution in [0.4, 0.5) is 19.0 Å². The number of carbonyl (C=O) groups excluding carboxylic acids is 1. The first-order valence-electron chi connectivity index (χ1n) is 7.76. The van der Waals surface area contributed by atoms with E-state index in [0.717, 1.165) is 10.5 Å². The first kappa shape index (κ1) is 19.0. The van der Waals surface area contributed by atoms with E-state index in [1.165, 1.54) is 18.2 Å². The van der Waals surface area contributed by atoms with Gasteiger partial charge in [-0.15, -0.1) is 0 Å². The van der Waals surface area contributed by atoms with Gasteiger partial charge in [0, 0.05) is 36.2 Å². The Labute approximate surface area is 161 Å². The number of nitrogens with one attached hydrogen (secondary N) is 1. The summed E-state index contributed by atoms with van der Waals surface area (Å²) in [5.74, 6) is 0.0505. The SMILES string of the molecule is O=C(NCC1CN(c2ncc(Br)cc2Cl)C1)c1ccccc1C(F)(F)F. The van der Waals surface area contributed by atoms with E-state index in [1.54, 1.807) is 12.3 Å². The number of hydrogen-bond donors (Lipinski definition) is 1. The third kappa shape index (κ3) is 4.12. The van der Waals surface area contributed by atoms with Crippen LogP contribution in [0, 0.1) is 5.92 Å². The van der Waals surface area contributed by atoms with Crippen molar-refractivity contribution in [2.75, 3.05) is 24.5 Å². The van der Waals surface area contributed by atoms with Crippen molar-refractivity contribution in [3.05, 3.63) is 57.2 Å². The number of alkyl halides is 3. The zero-order chi connectivity index (χ0) is 18.9. The van der Waals surface area contributed by atoms with E-state index >= 15 is 0 Å². The topological polar surface area (TPSA) is 45.2 Å². The van der Waals surface area contributed by atoms with E-state index in [9.17, 15) is 18.0 Å². The van der Waals surface area contributed by atoms with Crippen LogP contribution in [0.25, 0.3) is 0 Å². The predicted octanol–water partition coefficient (Wildman–Crippen LogP) is 4.38. The number of halogens is 5. The van der Waals surface area contributed by atoms with Crippen molar-refractivity contribution in [2.45, 2.75) is 6.18 Å². The van der Waals surface area contributed by atoms with Crippen LogP contribution in [0.15, 0.2) is 41.0 Å². The molecule has 1 aliphatic heterocycles. The molecule has 0 aliphatic carbocycles. The summed E-state index contributed by atoms with van der Waals surface area (Å²) in [6, 6.07) is 6.50. The van der Waals surface area contributed by atoms with Crippen LogP contribution in [-0.2, 0) is 6.18 Å². The van der Waals surface area contributed by atoms with Gasteiger partial charge in [0.05, 0.1) is 16.1 Å². The highest BCUT2D eigenvalue weighted by molar-refractivity contribution is 9.10. The molecule has 2 heterocycles. The van der Waals surface area contributed by atoms with E-state index in [0.29, 0.717) is 23.9 Å². The fraction of sp³-hybridized carbons (Fsp3) is 0.294. The maximum Gasteiger partial charge on any atom is 0.417 e. The number of anilines is 1. The quantitative estimate of drug-likeness (QED) is 0.755. The molecule has 138 valence electrons. The van der Waals surface area contributed by atoms with Crippen LogP contribution in [-0.4, -0.2) is 30.5 Å². The molecule has 9 heteroatoms. The number of amides is 1. The molecule has 1 aromatic carbocycles. The molecule has 1 N–H and O–H groups in total. The lowest BCUT2D eigenvalue weighted by Crippen LogP contribution is -2.52. The highest BCUT2D eigenvalue weighted by Gasteiger charge is 2.35. The second-order valence-electron chi connectivity index (χ2n) is 5.98. The lowest BCUT2D eigenvalue weighted by atomic mass is 9.99. The third-order valence-electron chi connectivity index (χ3n) is 4.07. The largest absolute Gasteiger partial charge is 0.417 e. The summed E-state index contributed by atoms with van der Waals surface area (Å²) in [5, 5.41) is 3.10. The summed E-state index contributed by atoms with van der Waals surface area (Å²) in [4.78, 5) is 18.3. The summed E-state index contributed by atoms with van der Waals surface area (Å²) in [6.07, 6.45) is -2.92. The summed E-state index contributed by atoms with van der Waals surface area (Å²) < 4.78 is 39.7. The first-order chi connectivity index (χ1) is 12.3. The van der Waals surface area contributed by atoms with E-state index in [4.69, 9.17) is 11.6 Å². The third-order valence-corrected chi connectivity index (χ3v) is 4.79. The summed E-state index contributed by atoms with van der Waals surface area (Å²) >= 11 is 9.43. The molecule has 0 radical (unpaired) electrons. The fourth-order valence-corrected chi connectivity index (χ4v) is 3.52. The molecular formula is C17H14BrClF3N3O. The number of rotatable bonds is 4. The van der Waals surface area contributed by atoms with Gasteiger partial charge in [-0.3, -0.25) is 4.79 Å². The highest BCUT2D eigenvalue weighted by atomic mass is 79.9. The molecule has 1 saturated heterocycles. The summed E-state index contributed by atoms with van der Waals surface area (Å²) in [7, 11) is 0. The number of aromatic nitrogens is 1. The van der Waals surface area contributed by atoms with Crippen LogP contribution in [0.5, 0.6) is 0 Å². The van der Waals surface area contributed by atoms with E-state index < -0.39 is 17.6 Å². The minimum atomic E-state index is -4.56. The van der Waals surface area contributed by atoms with Crippen LogP contribution in [0.1, 0.15) is 15.9 Å². The lowest BCUT2D eigenvalue weighted by Gasteiger charge is -2.40. The van der Waals surface area contributed by atoms with Crippen LogP contribution < -0.4 is 10.2 Å². The smallest absolute Gasteiger partial charge is 0.355 e. The van der Waals surface area contributed by atoms with Gasteiger partial charge in [-0.25, -0.2) is 4.98 Å². The van der Waals surface area contributed by atoms with Crippen molar-refractivity contribution in [3.63, 3.8) is 0 Å². The molecular weight excluding hydrogens is 435 g/mol. The Kier molecular flexibility index (Phi) is 5.43. The maximum atomic E-state index is 13.0. The average Bonchev–Trinajstić information content (AvgIpc) is 2.54. The molecule has 0 spiro atoms. The van der Waals surface area contributed by atoms with Crippen molar-refractivity contribution >= 4 is 39.3 Å². The monoisotopic (exact) mass is 447 g/mol. The van der Waals surface area contributed by atoms with Crippen molar-refractivity contribution in [1.29, 1.82) is 0 Å². The van der Waals surface area contributed by atoms with Gasteiger partial charge in [-0.1, -0.05) is 23.7 Å².